The fourth-order valence-electron chi connectivity index (χ4n) is 1.65. The monoisotopic (exact) mass is 186 g/mol. The third-order valence-electron chi connectivity index (χ3n) is 2.52. The highest BCUT2D eigenvalue weighted by molar-refractivity contribution is 4.72. The van der Waals surface area contributed by atoms with Crippen LogP contribution in [0.2, 0.25) is 0 Å². The summed E-state index contributed by atoms with van der Waals surface area (Å²) >= 11 is 0. The first kappa shape index (κ1) is 12.9. The lowest BCUT2D eigenvalue weighted by Gasteiger charge is -2.25. The first-order valence-electron chi connectivity index (χ1n) is 5.31. The van der Waals surface area contributed by atoms with E-state index in [-0.39, 0.29) is 0 Å². The van der Waals surface area contributed by atoms with Crippen LogP contribution in [0.4, 0.5) is 0 Å². The minimum absolute atomic E-state index is 0.441. The zero-order valence-electron chi connectivity index (χ0n) is 9.91. The smallest absolute Gasteiger partial charge is 0.0000486 e. The first-order valence-corrected chi connectivity index (χ1v) is 5.31. The topological polar surface area (TPSA) is 24.1 Å². The maximum Gasteiger partial charge on any atom is -0.0000486 e. The Morgan fingerprint density at radius 1 is 1.15 bits per heavy atom. The third kappa shape index (κ3) is 7.03. The molecule has 0 radical (unpaired) electrons. The normalized spacial score (nSPS) is 14.5. The molecule has 1 unspecified atom stereocenters. The Balaban J connectivity index is 3.60. The molecule has 13 heavy (non-hydrogen) atoms. The molecule has 0 aromatic rings. The highest BCUT2D eigenvalue weighted by Gasteiger charge is 2.17. The summed E-state index contributed by atoms with van der Waals surface area (Å²) in [4.78, 5) is 0. The van der Waals surface area contributed by atoms with Crippen molar-refractivity contribution >= 4 is 0 Å². The Kier molecular flexibility index (Phi) is 6.35. The van der Waals surface area contributed by atoms with Crippen molar-refractivity contribution in [1.82, 2.24) is 10.6 Å². The fourth-order valence-corrected chi connectivity index (χ4v) is 1.65. The summed E-state index contributed by atoms with van der Waals surface area (Å²) < 4.78 is 0. The lowest BCUT2D eigenvalue weighted by atomic mass is 9.85. The Morgan fingerprint density at radius 3 is 2.23 bits per heavy atom. The lowest BCUT2D eigenvalue weighted by molar-refractivity contribution is 0.289. The second-order valence-electron chi connectivity index (χ2n) is 4.90. The molecule has 80 valence electrons. The van der Waals surface area contributed by atoms with Gasteiger partial charge >= 0.3 is 0 Å². The summed E-state index contributed by atoms with van der Waals surface area (Å²) in [6.45, 7) is 9.21. The van der Waals surface area contributed by atoms with Gasteiger partial charge in [0, 0.05) is 0 Å². The van der Waals surface area contributed by atoms with Crippen molar-refractivity contribution in [1.29, 1.82) is 0 Å². The summed E-state index contributed by atoms with van der Waals surface area (Å²) in [5, 5.41) is 6.47. The van der Waals surface area contributed by atoms with Crippen LogP contribution < -0.4 is 10.6 Å². The number of hydrogen-bond donors (Lipinski definition) is 2. The molecule has 1 atom stereocenters. The zero-order chi connectivity index (χ0) is 10.3. The van der Waals surface area contributed by atoms with E-state index in [1.54, 1.807) is 0 Å². The van der Waals surface area contributed by atoms with Crippen molar-refractivity contribution < 1.29 is 0 Å². The van der Waals surface area contributed by atoms with Gasteiger partial charge in [0.2, 0.25) is 0 Å². The molecular formula is C11H26N2. The van der Waals surface area contributed by atoms with Gasteiger partial charge in [0.15, 0.2) is 0 Å². The van der Waals surface area contributed by atoms with E-state index in [1.807, 2.05) is 14.1 Å². The lowest BCUT2D eigenvalue weighted by Crippen LogP contribution is -2.28. The van der Waals surface area contributed by atoms with Gasteiger partial charge in [-0.3, -0.25) is 0 Å². The molecular weight excluding hydrogens is 160 g/mol. The van der Waals surface area contributed by atoms with E-state index in [2.05, 4.69) is 31.4 Å². The van der Waals surface area contributed by atoms with Crippen LogP contribution in [0.15, 0.2) is 0 Å². The van der Waals surface area contributed by atoms with Gasteiger partial charge in [0.25, 0.3) is 0 Å². The van der Waals surface area contributed by atoms with Crippen LogP contribution in [-0.2, 0) is 0 Å². The van der Waals surface area contributed by atoms with Crippen LogP contribution in [-0.4, -0.2) is 27.2 Å². The summed E-state index contributed by atoms with van der Waals surface area (Å²) in [6, 6.07) is 0. The van der Waals surface area contributed by atoms with E-state index in [1.165, 1.54) is 12.8 Å². The van der Waals surface area contributed by atoms with Gasteiger partial charge < -0.3 is 10.6 Å². The van der Waals surface area contributed by atoms with Crippen LogP contribution in [0.3, 0.4) is 0 Å². The van der Waals surface area contributed by atoms with Crippen molar-refractivity contribution in [3.63, 3.8) is 0 Å². The van der Waals surface area contributed by atoms with Gasteiger partial charge in [-0.15, -0.1) is 0 Å². The summed E-state index contributed by atoms with van der Waals surface area (Å²) in [7, 11) is 4.05. The molecule has 2 N–H and O–H groups in total. The van der Waals surface area contributed by atoms with Gasteiger partial charge in [0.1, 0.15) is 0 Å². The van der Waals surface area contributed by atoms with Crippen molar-refractivity contribution in [3.8, 4) is 0 Å². The van der Waals surface area contributed by atoms with Crippen molar-refractivity contribution in [2.45, 2.75) is 33.6 Å². The van der Waals surface area contributed by atoms with Crippen LogP contribution >= 0.6 is 0 Å². The third-order valence-corrected chi connectivity index (χ3v) is 2.52. The number of rotatable bonds is 7. The SMILES string of the molecule is CNCC(C)CCC(C)(C)CNC. The molecule has 0 heterocycles. The molecule has 0 saturated carbocycles. The second-order valence-corrected chi connectivity index (χ2v) is 4.90. The summed E-state index contributed by atoms with van der Waals surface area (Å²) in [5.74, 6) is 0.793. The molecule has 0 aliphatic carbocycles. The largest absolute Gasteiger partial charge is 0.319 e. The fraction of sp³-hybridized carbons (Fsp3) is 1.00. The van der Waals surface area contributed by atoms with E-state index in [0.717, 1.165) is 19.0 Å². The standard InChI is InChI=1S/C11H26N2/c1-10(8-12-4)6-7-11(2,3)9-13-5/h10,12-13H,6-9H2,1-5H3. The van der Waals surface area contributed by atoms with Crippen molar-refractivity contribution in [3.05, 3.63) is 0 Å². The maximum atomic E-state index is 3.25. The van der Waals surface area contributed by atoms with E-state index in [4.69, 9.17) is 0 Å². The molecule has 0 saturated heterocycles. The van der Waals surface area contributed by atoms with Gasteiger partial charge in [-0.25, -0.2) is 0 Å². The van der Waals surface area contributed by atoms with Crippen LogP contribution in [0.1, 0.15) is 33.6 Å². The first-order chi connectivity index (χ1) is 6.02. The van der Waals surface area contributed by atoms with E-state index >= 15 is 0 Å². The van der Waals surface area contributed by atoms with Gasteiger partial charge in [0.05, 0.1) is 0 Å². The predicted octanol–water partition coefficient (Wildman–Crippen LogP) is 1.87. The molecule has 2 heteroatoms. The van der Waals surface area contributed by atoms with Crippen molar-refractivity contribution in [2.24, 2.45) is 11.3 Å². The second kappa shape index (κ2) is 6.39. The highest BCUT2D eigenvalue weighted by Crippen LogP contribution is 2.23. The number of hydrogen-bond acceptors (Lipinski definition) is 2. The Morgan fingerprint density at radius 2 is 1.77 bits per heavy atom. The number of nitrogens with one attached hydrogen (secondary N) is 2. The minimum atomic E-state index is 0.441. The van der Waals surface area contributed by atoms with E-state index in [9.17, 15) is 0 Å². The molecule has 0 rings (SSSR count). The molecule has 0 amide bonds. The molecule has 0 aliphatic rings. The van der Waals surface area contributed by atoms with Crippen LogP contribution in [0.25, 0.3) is 0 Å². The quantitative estimate of drug-likeness (QED) is 0.634. The zero-order valence-corrected chi connectivity index (χ0v) is 9.91. The molecule has 0 bridgehead atoms. The molecule has 0 aromatic carbocycles. The van der Waals surface area contributed by atoms with Gasteiger partial charge in [-0.1, -0.05) is 20.8 Å². The molecule has 0 aromatic heterocycles. The van der Waals surface area contributed by atoms with Gasteiger partial charge in [-0.05, 0) is 51.4 Å². The Bertz CT molecular complexity index is 121. The van der Waals surface area contributed by atoms with Gasteiger partial charge in [-0.2, -0.15) is 0 Å². The van der Waals surface area contributed by atoms with E-state index < -0.39 is 0 Å². The average molecular weight is 186 g/mol. The van der Waals surface area contributed by atoms with Crippen molar-refractivity contribution in [2.75, 3.05) is 27.2 Å². The predicted molar refractivity (Wildman–Crippen MR) is 60.0 cm³/mol. The molecule has 0 aliphatic heterocycles. The van der Waals surface area contributed by atoms with E-state index in [0.29, 0.717) is 5.41 Å². The van der Waals surface area contributed by atoms with Crippen LogP contribution in [0, 0.1) is 11.3 Å². The highest BCUT2D eigenvalue weighted by atomic mass is 14.8. The maximum absolute atomic E-state index is 3.25. The molecule has 0 fully saturated rings. The molecule has 0 spiro atoms. The van der Waals surface area contributed by atoms with Crippen LogP contribution in [0.5, 0.6) is 0 Å². The summed E-state index contributed by atoms with van der Waals surface area (Å²) in [6.07, 6.45) is 2.62. The minimum Gasteiger partial charge on any atom is -0.319 e. The average Bonchev–Trinajstić information content (AvgIpc) is 2.02. The molecule has 2 nitrogen and oxygen atoms in total. The summed E-state index contributed by atoms with van der Waals surface area (Å²) in [5.41, 5.74) is 0.441. The Hall–Kier alpha value is -0.0800. The Labute approximate surface area is 83.5 Å².